The van der Waals surface area contributed by atoms with Gasteiger partial charge in [0.1, 0.15) is 6.61 Å². The van der Waals surface area contributed by atoms with Crippen molar-refractivity contribution in [2.24, 2.45) is 0 Å². The average molecular weight is 288 g/mol. The highest BCUT2D eigenvalue weighted by Gasteiger charge is 2.28. The Kier molecular flexibility index (Phi) is 4.48. The Labute approximate surface area is 115 Å². The number of nitrogens with zero attached hydrogens (tertiary/aromatic N) is 4. The van der Waals surface area contributed by atoms with Gasteiger partial charge >= 0.3 is 0 Å². The van der Waals surface area contributed by atoms with Crippen LogP contribution in [0.1, 0.15) is 12.8 Å². The van der Waals surface area contributed by atoms with E-state index in [4.69, 9.17) is 5.11 Å². The fourth-order valence-electron chi connectivity index (χ4n) is 1.88. The van der Waals surface area contributed by atoms with Crippen LogP contribution in [0.4, 0.5) is 26.6 Å². The average Bonchev–Trinajstić information content (AvgIpc) is 2.99. The summed E-state index contributed by atoms with van der Waals surface area (Å²) in [4.78, 5) is 14.3. The molecule has 9 heteroatoms. The van der Waals surface area contributed by atoms with Gasteiger partial charge in [0.15, 0.2) is 0 Å². The van der Waals surface area contributed by atoms with Gasteiger partial charge in [-0.05, 0) is 12.8 Å². The second-order valence-corrected chi connectivity index (χ2v) is 4.59. The minimum Gasteiger partial charge on any atom is -0.390 e. The van der Waals surface area contributed by atoms with Crippen LogP contribution >= 0.6 is 0 Å². The number of hydrogen-bond acceptors (Lipinski definition) is 7. The second kappa shape index (κ2) is 6.12. The molecule has 0 bridgehead atoms. The van der Waals surface area contributed by atoms with Crippen LogP contribution in [0, 0.1) is 0 Å². The lowest BCUT2D eigenvalue weighted by Crippen LogP contribution is -2.32. The zero-order chi connectivity index (χ0) is 14.6. The van der Waals surface area contributed by atoms with Crippen LogP contribution < -0.4 is 15.5 Å². The molecule has 0 spiro atoms. The molecule has 7 nitrogen and oxygen atoms in total. The third-order valence-electron chi connectivity index (χ3n) is 2.97. The predicted molar refractivity (Wildman–Crippen MR) is 71.3 cm³/mol. The summed E-state index contributed by atoms with van der Waals surface area (Å²) < 4.78 is 26.0. The van der Waals surface area contributed by atoms with Crippen LogP contribution in [0.15, 0.2) is 0 Å². The number of hydrogen-bond donors (Lipinski definition) is 3. The number of aliphatic hydroxyl groups is 1. The molecule has 1 aliphatic heterocycles. The summed E-state index contributed by atoms with van der Waals surface area (Å²) in [6, 6.07) is 0. The fourth-order valence-corrected chi connectivity index (χ4v) is 1.88. The van der Waals surface area contributed by atoms with Gasteiger partial charge in [-0.25, -0.2) is 8.78 Å². The summed E-state index contributed by atoms with van der Waals surface area (Å²) in [5.41, 5.74) is 0. The largest absolute Gasteiger partial charge is 0.390 e. The van der Waals surface area contributed by atoms with Crippen LogP contribution in [-0.4, -0.2) is 59.3 Å². The van der Waals surface area contributed by atoms with Crippen molar-refractivity contribution >= 4 is 17.8 Å². The van der Waals surface area contributed by atoms with Crippen molar-refractivity contribution in [1.29, 1.82) is 0 Å². The van der Waals surface area contributed by atoms with Crippen molar-refractivity contribution < 1.29 is 13.9 Å². The zero-order valence-electron chi connectivity index (χ0n) is 11.2. The van der Waals surface area contributed by atoms with Gasteiger partial charge in [0.25, 0.3) is 5.92 Å². The van der Waals surface area contributed by atoms with Crippen molar-refractivity contribution in [3.05, 3.63) is 0 Å². The van der Waals surface area contributed by atoms with Gasteiger partial charge < -0.3 is 20.6 Å². The number of rotatable bonds is 6. The highest BCUT2D eigenvalue weighted by atomic mass is 19.3. The molecule has 112 valence electrons. The van der Waals surface area contributed by atoms with Crippen LogP contribution in [0.2, 0.25) is 0 Å². The van der Waals surface area contributed by atoms with E-state index in [-0.39, 0.29) is 5.95 Å². The molecule has 20 heavy (non-hydrogen) atoms. The maximum absolute atomic E-state index is 13.0. The Morgan fingerprint density at radius 1 is 1.20 bits per heavy atom. The van der Waals surface area contributed by atoms with Crippen molar-refractivity contribution in [1.82, 2.24) is 15.0 Å². The van der Waals surface area contributed by atoms with Gasteiger partial charge in [0.05, 0.1) is 6.54 Å². The molecular weight excluding hydrogens is 270 g/mol. The Bertz CT molecular complexity index is 453. The number of halogens is 2. The molecule has 0 unspecified atom stereocenters. The number of aliphatic hydroxyl groups excluding tert-OH is 1. The first kappa shape index (κ1) is 14.6. The fraction of sp³-hybridized carbons (Fsp3) is 0.727. The molecule has 0 amide bonds. The predicted octanol–water partition coefficient (Wildman–Crippen LogP) is 0.553. The van der Waals surface area contributed by atoms with Crippen molar-refractivity contribution in [3.8, 4) is 0 Å². The van der Waals surface area contributed by atoms with Crippen LogP contribution in [0.5, 0.6) is 0 Å². The summed E-state index contributed by atoms with van der Waals surface area (Å²) in [5.74, 6) is -2.35. The maximum Gasteiger partial charge on any atom is 0.287 e. The van der Waals surface area contributed by atoms with Gasteiger partial charge in [-0.2, -0.15) is 15.0 Å². The number of alkyl halides is 2. The molecule has 0 aromatic carbocycles. The van der Waals surface area contributed by atoms with Crippen molar-refractivity contribution in [2.75, 3.05) is 48.8 Å². The molecule has 1 aromatic rings. The summed E-state index contributed by atoms with van der Waals surface area (Å²) in [6.45, 7) is -0.252. The van der Waals surface area contributed by atoms with Gasteiger partial charge in [0, 0.05) is 20.1 Å². The minimum atomic E-state index is -3.21. The third-order valence-corrected chi connectivity index (χ3v) is 2.97. The van der Waals surface area contributed by atoms with Crippen LogP contribution in [0.25, 0.3) is 0 Å². The SMILES string of the molecule is CNc1nc(NCC(F)(F)CO)nc(N2CCCC2)n1. The molecule has 0 aliphatic carbocycles. The Morgan fingerprint density at radius 2 is 1.85 bits per heavy atom. The minimum absolute atomic E-state index is 0.0689. The Hall–Kier alpha value is -1.77. The summed E-state index contributed by atoms with van der Waals surface area (Å²) in [6.07, 6.45) is 2.12. The van der Waals surface area contributed by atoms with Crippen LogP contribution in [-0.2, 0) is 0 Å². The van der Waals surface area contributed by atoms with Crippen molar-refractivity contribution in [3.63, 3.8) is 0 Å². The first-order valence-corrected chi connectivity index (χ1v) is 6.45. The van der Waals surface area contributed by atoms with E-state index in [0.717, 1.165) is 25.9 Å². The molecule has 1 aliphatic rings. The number of nitrogens with one attached hydrogen (secondary N) is 2. The first-order valence-electron chi connectivity index (χ1n) is 6.45. The van der Waals surface area contributed by atoms with E-state index in [9.17, 15) is 8.78 Å². The van der Waals surface area contributed by atoms with E-state index in [0.29, 0.717) is 11.9 Å². The van der Waals surface area contributed by atoms with E-state index >= 15 is 0 Å². The maximum atomic E-state index is 13.0. The van der Waals surface area contributed by atoms with Gasteiger partial charge in [-0.15, -0.1) is 0 Å². The van der Waals surface area contributed by atoms with Gasteiger partial charge in [0.2, 0.25) is 17.8 Å². The second-order valence-electron chi connectivity index (χ2n) is 4.59. The smallest absolute Gasteiger partial charge is 0.287 e. The van der Waals surface area contributed by atoms with Crippen LogP contribution in [0.3, 0.4) is 0 Å². The molecule has 2 heterocycles. The normalized spacial score (nSPS) is 15.5. The quantitative estimate of drug-likeness (QED) is 0.705. The summed E-state index contributed by atoms with van der Waals surface area (Å²) in [5, 5.41) is 13.7. The molecule has 0 saturated carbocycles. The molecule has 1 saturated heterocycles. The summed E-state index contributed by atoms with van der Waals surface area (Å²) in [7, 11) is 1.65. The standard InChI is InChI=1S/C11H18F2N6O/c1-14-8-16-9(15-6-11(12,13)7-20)18-10(17-8)19-4-2-3-5-19/h20H,2-7H2,1H3,(H2,14,15,16,17,18). The highest BCUT2D eigenvalue weighted by molar-refractivity contribution is 5.44. The third kappa shape index (κ3) is 3.62. The van der Waals surface area contributed by atoms with E-state index in [2.05, 4.69) is 25.6 Å². The number of aromatic nitrogens is 3. The monoisotopic (exact) mass is 288 g/mol. The molecule has 1 aromatic heterocycles. The summed E-state index contributed by atoms with van der Waals surface area (Å²) >= 11 is 0. The topological polar surface area (TPSA) is 86.2 Å². The van der Waals surface area contributed by atoms with E-state index in [1.165, 1.54) is 0 Å². The number of anilines is 3. The lowest BCUT2D eigenvalue weighted by Gasteiger charge is -2.18. The molecule has 1 fully saturated rings. The molecule has 0 radical (unpaired) electrons. The van der Waals surface area contributed by atoms with Crippen molar-refractivity contribution in [2.45, 2.75) is 18.8 Å². The van der Waals surface area contributed by atoms with E-state index in [1.54, 1.807) is 7.05 Å². The van der Waals surface area contributed by atoms with E-state index in [1.807, 2.05) is 4.90 Å². The van der Waals surface area contributed by atoms with Gasteiger partial charge in [-0.3, -0.25) is 0 Å². The zero-order valence-corrected chi connectivity index (χ0v) is 11.2. The molecular formula is C11H18F2N6O. The Morgan fingerprint density at radius 3 is 2.45 bits per heavy atom. The lowest BCUT2D eigenvalue weighted by molar-refractivity contribution is -0.0374. The highest BCUT2D eigenvalue weighted by Crippen LogP contribution is 2.19. The molecule has 3 N–H and O–H groups in total. The molecule has 2 rings (SSSR count). The lowest BCUT2D eigenvalue weighted by atomic mass is 10.3. The van der Waals surface area contributed by atoms with Gasteiger partial charge in [-0.1, -0.05) is 0 Å². The van der Waals surface area contributed by atoms with E-state index < -0.39 is 19.1 Å². The Balaban J connectivity index is 2.13. The first-order chi connectivity index (χ1) is 9.54. The molecule has 0 atom stereocenters.